The van der Waals surface area contributed by atoms with E-state index in [0.29, 0.717) is 11.4 Å². The Bertz CT molecular complexity index is 577. The van der Waals surface area contributed by atoms with E-state index in [1.54, 1.807) is 24.3 Å². The lowest BCUT2D eigenvalue weighted by Gasteiger charge is -2.19. The fraction of sp³-hybridized carbons (Fsp3) is 0.462. The molecule has 0 saturated carbocycles. The maximum Gasteiger partial charge on any atom is 0.233 e. The summed E-state index contributed by atoms with van der Waals surface area (Å²) in [5.74, 6) is 0.387. The normalized spacial score (nSPS) is 11.9. The van der Waals surface area contributed by atoms with Crippen molar-refractivity contribution in [2.45, 2.75) is 20.8 Å². The molecule has 112 valence electrons. The number of anilines is 1. The van der Waals surface area contributed by atoms with E-state index in [9.17, 15) is 8.42 Å². The Morgan fingerprint density at radius 1 is 1.40 bits per heavy atom. The van der Waals surface area contributed by atoms with Crippen LogP contribution in [0.1, 0.15) is 20.8 Å². The van der Waals surface area contributed by atoms with Gasteiger partial charge in [0.2, 0.25) is 10.0 Å². The second kappa shape index (κ2) is 6.13. The number of nitrogens with one attached hydrogen (secondary N) is 2. The smallest absolute Gasteiger partial charge is 0.233 e. The lowest BCUT2D eigenvalue weighted by atomic mass is 10.0. The number of rotatable bonds is 6. The van der Waals surface area contributed by atoms with Crippen LogP contribution in [-0.2, 0) is 10.0 Å². The minimum absolute atomic E-state index is 0.0263. The van der Waals surface area contributed by atoms with Gasteiger partial charge in [-0.25, -0.2) is 8.42 Å². The molecule has 20 heavy (non-hydrogen) atoms. The maximum absolute atomic E-state index is 12.0. The van der Waals surface area contributed by atoms with Crippen LogP contribution in [0.2, 0.25) is 0 Å². The molecule has 0 spiro atoms. The topological polar surface area (TPSA) is 105 Å². The highest BCUT2D eigenvalue weighted by Crippen LogP contribution is 2.21. The molecule has 4 N–H and O–H groups in total. The standard InChI is InChI=1S/C13H21N3O3S/c1-13(2,3)9-20(17,18)16-10-5-4-6-11(7-10)19-8-12(14)15/h4-7,16H,8-9H2,1-3H3,(H3,14,15). The Morgan fingerprint density at radius 2 is 2.05 bits per heavy atom. The average molecular weight is 299 g/mol. The van der Waals surface area contributed by atoms with E-state index in [-0.39, 0.29) is 23.6 Å². The van der Waals surface area contributed by atoms with E-state index >= 15 is 0 Å². The third-order valence-electron chi connectivity index (χ3n) is 2.12. The van der Waals surface area contributed by atoms with E-state index in [4.69, 9.17) is 15.9 Å². The predicted octanol–water partition coefficient (Wildman–Crippen LogP) is 1.79. The van der Waals surface area contributed by atoms with Gasteiger partial charge in [0.1, 0.15) is 18.2 Å². The second-order valence-corrected chi connectivity index (χ2v) is 7.49. The van der Waals surface area contributed by atoms with Crippen LogP contribution >= 0.6 is 0 Å². The van der Waals surface area contributed by atoms with E-state index in [1.165, 1.54) is 0 Å². The SMILES string of the molecule is CC(C)(C)CS(=O)(=O)Nc1cccc(OCC(=N)N)c1. The van der Waals surface area contributed by atoms with Gasteiger partial charge in [-0.15, -0.1) is 0 Å². The zero-order valence-corrected chi connectivity index (χ0v) is 12.8. The Kier molecular flexibility index (Phi) is 4.99. The first-order valence-corrected chi connectivity index (χ1v) is 7.79. The van der Waals surface area contributed by atoms with E-state index < -0.39 is 10.0 Å². The van der Waals surface area contributed by atoms with Crippen LogP contribution in [0.4, 0.5) is 5.69 Å². The van der Waals surface area contributed by atoms with Crippen molar-refractivity contribution in [2.24, 2.45) is 11.1 Å². The lowest BCUT2D eigenvalue weighted by molar-refractivity contribution is 0.374. The molecule has 7 heteroatoms. The lowest BCUT2D eigenvalue weighted by Crippen LogP contribution is -2.26. The molecule has 6 nitrogen and oxygen atoms in total. The Balaban J connectivity index is 2.78. The third kappa shape index (κ3) is 6.42. The molecule has 0 atom stereocenters. The van der Waals surface area contributed by atoms with Gasteiger partial charge in [0.05, 0.1) is 11.4 Å². The minimum Gasteiger partial charge on any atom is -0.486 e. The molecule has 0 fully saturated rings. The molecule has 1 aromatic rings. The number of sulfonamides is 1. The third-order valence-corrected chi connectivity index (χ3v) is 3.92. The Morgan fingerprint density at radius 3 is 2.60 bits per heavy atom. The number of hydrogen-bond donors (Lipinski definition) is 3. The van der Waals surface area contributed by atoms with E-state index in [2.05, 4.69) is 4.72 Å². The van der Waals surface area contributed by atoms with Crippen LogP contribution in [0.5, 0.6) is 5.75 Å². The summed E-state index contributed by atoms with van der Waals surface area (Å²) < 4.78 is 31.7. The number of nitrogens with two attached hydrogens (primary N) is 1. The fourth-order valence-electron chi connectivity index (χ4n) is 1.60. The first-order chi connectivity index (χ1) is 9.07. The fourth-order valence-corrected chi connectivity index (χ4v) is 3.29. The second-order valence-electron chi connectivity index (χ2n) is 5.76. The summed E-state index contributed by atoms with van der Waals surface area (Å²) in [7, 11) is -3.41. The van der Waals surface area contributed by atoms with Crippen molar-refractivity contribution in [1.82, 2.24) is 0 Å². The molecule has 0 saturated heterocycles. The van der Waals surface area contributed by atoms with Gasteiger partial charge >= 0.3 is 0 Å². The molecule has 0 aliphatic carbocycles. The van der Waals surface area contributed by atoms with Crippen molar-refractivity contribution >= 4 is 21.5 Å². The van der Waals surface area contributed by atoms with Gasteiger partial charge in [0.15, 0.2) is 0 Å². The van der Waals surface area contributed by atoms with Crippen molar-refractivity contribution in [2.75, 3.05) is 17.1 Å². The minimum atomic E-state index is -3.41. The maximum atomic E-state index is 12.0. The van der Waals surface area contributed by atoms with E-state index in [1.807, 2.05) is 20.8 Å². The quantitative estimate of drug-likeness (QED) is 0.550. The molecule has 0 heterocycles. The van der Waals surface area contributed by atoms with E-state index in [0.717, 1.165) is 0 Å². The summed E-state index contributed by atoms with van der Waals surface area (Å²) >= 11 is 0. The summed E-state index contributed by atoms with van der Waals surface area (Å²) in [5.41, 5.74) is 5.30. The van der Waals surface area contributed by atoms with Crippen LogP contribution in [0.3, 0.4) is 0 Å². The zero-order chi connectivity index (χ0) is 15.4. The average Bonchev–Trinajstić information content (AvgIpc) is 2.22. The molecule has 0 aliphatic heterocycles. The van der Waals surface area contributed by atoms with Crippen molar-refractivity contribution in [1.29, 1.82) is 5.41 Å². The van der Waals surface area contributed by atoms with Crippen LogP contribution in [-0.4, -0.2) is 26.6 Å². The molecular formula is C13H21N3O3S. The molecule has 0 aliphatic rings. The summed E-state index contributed by atoms with van der Waals surface area (Å²) in [5, 5.41) is 7.08. The van der Waals surface area contributed by atoms with Gasteiger partial charge in [-0.1, -0.05) is 26.8 Å². The van der Waals surface area contributed by atoms with Gasteiger partial charge < -0.3 is 10.5 Å². The molecule has 1 aromatic carbocycles. The monoisotopic (exact) mass is 299 g/mol. The molecule has 0 radical (unpaired) electrons. The van der Waals surface area contributed by atoms with Gasteiger partial charge in [0, 0.05) is 6.07 Å². The van der Waals surface area contributed by atoms with Crippen molar-refractivity contribution in [3.8, 4) is 5.75 Å². The molecular weight excluding hydrogens is 278 g/mol. The van der Waals surface area contributed by atoms with Gasteiger partial charge in [-0.2, -0.15) is 0 Å². The van der Waals surface area contributed by atoms with Crippen molar-refractivity contribution in [3.05, 3.63) is 24.3 Å². The van der Waals surface area contributed by atoms with Crippen molar-refractivity contribution in [3.63, 3.8) is 0 Å². The molecule has 0 amide bonds. The highest BCUT2D eigenvalue weighted by atomic mass is 32.2. The zero-order valence-electron chi connectivity index (χ0n) is 11.9. The van der Waals surface area contributed by atoms with Crippen LogP contribution in [0.25, 0.3) is 0 Å². The highest BCUT2D eigenvalue weighted by molar-refractivity contribution is 7.92. The van der Waals surface area contributed by atoms with Crippen LogP contribution in [0, 0.1) is 10.8 Å². The van der Waals surface area contributed by atoms with Gasteiger partial charge in [0.25, 0.3) is 0 Å². The summed E-state index contributed by atoms with van der Waals surface area (Å²) in [6.07, 6.45) is 0. The first kappa shape index (κ1) is 16.3. The van der Waals surface area contributed by atoms with Gasteiger partial charge in [-0.3, -0.25) is 10.1 Å². The molecule has 0 aromatic heterocycles. The summed E-state index contributed by atoms with van der Waals surface area (Å²) in [6, 6.07) is 6.54. The Labute approximate surface area is 119 Å². The first-order valence-electron chi connectivity index (χ1n) is 6.14. The predicted molar refractivity (Wildman–Crippen MR) is 80.7 cm³/mol. The number of benzene rings is 1. The Hall–Kier alpha value is -1.76. The highest BCUT2D eigenvalue weighted by Gasteiger charge is 2.21. The number of ether oxygens (including phenoxy) is 1. The number of amidine groups is 1. The van der Waals surface area contributed by atoms with Crippen LogP contribution in [0.15, 0.2) is 24.3 Å². The van der Waals surface area contributed by atoms with Crippen molar-refractivity contribution < 1.29 is 13.2 Å². The van der Waals surface area contributed by atoms with Gasteiger partial charge in [-0.05, 0) is 17.5 Å². The van der Waals surface area contributed by atoms with Crippen LogP contribution < -0.4 is 15.2 Å². The summed E-state index contributed by atoms with van der Waals surface area (Å²) in [6.45, 7) is 5.55. The molecule has 1 rings (SSSR count). The largest absolute Gasteiger partial charge is 0.486 e. The number of hydrogen-bond acceptors (Lipinski definition) is 4. The molecule has 0 bridgehead atoms. The molecule has 0 unspecified atom stereocenters. The summed E-state index contributed by atoms with van der Waals surface area (Å²) in [4.78, 5) is 0.